The lowest BCUT2D eigenvalue weighted by Crippen LogP contribution is -2.08. The van der Waals surface area contributed by atoms with Crippen molar-refractivity contribution in [3.8, 4) is 0 Å². The van der Waals surface area contributed by atoms with Gasteiger partial charge in [0.1, 0.15) is 5.69 Å². The van der Waals surface area contributed by atoms with Crippen LogP contribution in [0.1, 0.15) is 48.2 Å². The Morgan fingerprint density at radius 2 is 2.16 bits per heavy atom. The molecule has 2 heterocycles. The molecule has 0 aliphatic rings. The van der Waals surface area contributed by atoms with Gasteiger partial charge in [-0.15, -0.1) is 0 Å². The smallest absolute Gasteiger partial charge is 0.189 e. The van der Waals surface area contributed by atoms with Gasteiger partial charge in [-0.2, -0.15) is 10.2 Å². The third-order valence-corrected chi connectivity index (χ3v) is 3.45. The highest BCUT2D eigenvalue weighted by atomic mass is 16.1. The first-order valence-corrected chi connectivity index (χ1v) is 6.59. The summed E-state index contributed by atoms with van der Waals surface area (Å²) < 4.78 is 3.62. The van der Waals surface area contributed by atoms with Crippen molar-refractivity contribution >= 4 is 5.78 Å². The third kappa shape index (κ3) is 2.92. The van der Waals surface area contributed by atoms with Gasteiger partial charge in [0.2, 0.25) is 0 Å². The second kappa shape index (κ2) is 5.38. The Morgan fingerprint density at radius 1 is 1.42 bits per heavy atom. The zero-order valence-electron chi connectivity index (χ0n) is 11.9. The molecule has 0 bridgehead atoms. The number of aromatic nitrogens is 4. The van der Waals surface area contributed by atoms with Gasteiger partial charge in [-0.3, -0.25) is 14.2 Å². The maximum absolute atomic E-state index is 12.1. The number of hydrogen-bond donors (Lipinski definition) is 0. The molecule has 0 aromatic carbocycles. The van der Waals surface area contributed by atoms with Gasteiger partial charge in [-0.25, -0.2) is 0 Å². The monoisotopic (exact) mass is 260 g/mol. The number of ketones is 1. The molecule has 0 aliphatic heterocycles. The van der Waals surface area contributed by atoms with E-state index in [9.17, 15) is 4.79 Å². The lowest BCUT2D eigenvalue weighted by atomic mass is 10.1. The average Bonchev–Trinajstić information content (AvgIpc) is 2.97. The van der Waals surface area contributed by atoms with Crippen LogP contribution in [0.25, 0.3) is 0 Å². The lowest BCUT2D eigenvalue weighted by Gasteiger charge is -2.07. The van der Waals surface area contributed by atoms with Gasteiger partial charge in [0.25, 0.3) is 0 Å². The van der Waals surface area contributed by atoms with Crippen molar-refractivity contribution < 1.29 is 4.79 Å². The molecule has 2 aromatic heterocycles. The van der Waals surface area contributed by atoms with Crippen LogP contribution in [0.5, 0.6) is 0 Å². The zero-order chi connectivity index (χ0) is 14.0. The molecule has 0 aliphatic carbocycles. The van der Waals surface area contributed by atoms with Gasteiger partial charge < -0.3 is 0 Å². The topological polar surface area (TPSA) is 52.7 Å². The molecule has 102 valence electrons. The summed E-state index contributed by atoms with van der Waals surface area (Å²) in [5, 5.41) is 8.63. The summed E-state index contributed by atoms with van der Waals surface area (Å²) in [6, 6.07) is 4.08. The van der Waals surface area contributed by atoms with Crippen molar-refractivity contribution in [3.05, 3.63) is 35.4 Å². The number of Topliss-reactive ketones (excluding diaryl/α,β-unsaturated/α-hetero) is 1. The molecule has 0 N–H and O–H groups in total. The molecule has 0 saturated heterocycles. The van der Waals surface area contributed by atoms with E-state index in [1.165, 1.54) is 0 Å². The van der Waals surface area contributed by atoms with Crippen LogP contribution in [0.2, 0.25) is 0 Å². The fourth-order valence-electron chi connectivity index (χ4n) is 1.86. The summed E-state index contributed by atoms with van der Waals surface area (Å²) in [4.78, 5) is 12.1. The Labute approximate surface area is 113 Å². The number of carbonyl (C=O) groups excluding carboxylic acids is 1. The Balaban J connectivity index is 2.08. The highest BCUT2D eigenvalue weighted by Crippen LogP contribution is 2.11. The predicted molar refractivity (Wildman–Crippen MR) is 73.2 cm³/mol. The van der Waals surface area contributed by atoms with Crippen molar-refractivity contribution in [1.82, 2.24) is 19.6 Å². The summed E-state index contributed by atoms with van der Waals surface area (Å²) in [6.45, 7) is 6.16. The van der Waals surface area contributed by atoms with Crippen molar-refractivity contribution in [2.45, 2.75) is 39.7 Å². The van der Waals surface area contributed by atoms with E-state index in [1.54, 1.807) is 4.68 Å². The van der Waals surface area contributed by atoms with E-state index in [4.69, 9.17) is 0 Å². The molecule has 1 atom stereocenters. The van der Waals surface area contributed by atoms with Crippen LogP contribution in [0.3, 0.4) is 0 Å². The minimum atomic E-state index is 0.0121. The maximum atomic E-state index is 12.1. The van der Waals surface area contributed by atoms with Crippen LogP contribution >= 0.6 is 0 Å². The largest absolute Gasteiger partial charge is 0.292 e. The van der Waals surface area contributed by atoms with Gasteiger partial charge in [-0.1, -0.05) is 6.92 Å². The molecule has 0 radical (unpaired) electrons. The van der Waals surface area contributed by atoms with E-state index >= 15 is 0 Å². The first-order chi connectivity index (χ1) is 9.01. The number of rotatable bonds is 5. The van der Waals surface area contributed by atoms with Crippen LogP contribution in [0.4, 0.5) is 0 Å². The third-order valence-electron chi connectivity index (χ3n) is 3.45. The molecule has 5 heteroatoms. The summed E-state index contributed by atoms with van der Waals surface area (Å²) >= 11 is 0. The zero-order valence-corrected chi connectivity index (χ0v) is 11.9. The normalized spacial score (nSPS) is 12.6. The van der Waals surface area contributed by atoms with Crippen molar-refractivity contribution in [2.75, 3.05) is 0 Å². The first-order valence-electron chi connectivity index (χ1n) is 6.59. The quantitative estimate of drug-likeness (QED) is 0.775. The fourth-order valence-corrected chi connectivity index (χ4v) is 1.86. The van der Waals surface area contributed by atoms with Crippen LogP contribution in [0, 0.1) is 6.92 Å². The summed E-state index contributed by atoms with van der Waals surface area (Å²) in [6.07, 6.45) is 3.26. The van der Waals surface area contributed by atoms with Crippen LogP contribution in [-0.4, -0.2) is 25.3 Å². The summed E-state index contributed by atoms with van der Waals surface area (Å²) in [5.74, 6) is 0.0121. The van der Waals surface area contributed by atoms with Gasteiger partial charge in [-0.05, 0) is 32.4 Å². The van der Waals surface area contributed by atoms with Crippen molar-refractivity contribution in [2.24, 2.45) is 7.05 Å². The summed E-state index contributed by atoms with van der Waals surface area (Å²) in [7, 11) is 1.84. The Bertz CT molecular complexity index is 563. The highest BCUT2D eigenvalue weighted by Gasteiger charge is 2.14. The SMILES string of the molecule is CCC(C)n1ccc(CC(=O)c2cc(C)n(C)n2)n1. The van der Waals surface area contributed by atoms with Gasteiger partial charge in [0.05, 0.1) is 12.1 Å². The van der Waals surface area contributed by atoms with Crippen molar-refractivity contribution in [1.29, 1.82) is 0 Å². The molecular weight excluding hydrogens is 240 g/mol. The van der Waals surface area contributed by atoms with E-state index in [0.717, 1.165) is 17.8 Å². The van der Waals surface area contributed by atoms with Gasteiger partial charge in [0.15, 0.2) is 5.78 Å². The first kappa shape index (κ1) is 13.5. The van der Waals surface area contributed by atoms with E-state index in [1.807, 2.05) is 37.0 Å². The van der Waals surface area contributed by atoms with Crippen LogP contribution in [0.15, 0.2) is 18.3 Å². The molecule has 1 unspecified atom stereocenters. The summed E-state index contributed by atoms with van der Waals surface area (Å²) in [5.41, 5.74) is 2.29. The highest BCUT2D eigenvalue weighted by molar-refractivity contribution is 5.95. The number of hydrogen-bond acceptors (Lipinski definition) is 3. The van der Waals surface area contributed by atoms with Gasteiger partial charge >= 0.3 is 0 Å². The standard InChI is InChI=1S/C14H20N4O/c1-5-10(2)18-7-6-12(15-18)9-14(19)13-8-11(3)17(4)16-13/h6-8,10H,5,9H2,1-4H3. The van der Waals surface area contributed by atoms with E-state index < -0.39 is 0 Å². The average molecular weight is 260 g/mol. The minimum Gasteiger partial charge on any atom is -0.292 e. The Kier molecular flexibility index (Phi) is 3.83. The lowest BCUT2D eigenvalue weighted by molar-refractivity contribution is 0.0986. The van der Waals surface area contributed by atoms with Gasteiger partial charge in [0, 0.05) is 25.0 Å². The number of carbonyl (C=O) groups is 1. The Morgan fingerprint density at radius 3 is 2.74 bits per heavy atom. The van der Waals surface area contributed by atoms with Crippen molar-refractivity contribution in [3.63, 3.8) is 0 Å². The molecule has 19 heavy (non-hydrogen) atoms. The maximum Gasteiger partial charge on any atom is 0.189 e. The number of aryl methyl sites for hydroxylation is 2. The molecule has 0 saturated carbocycles. The second-order valence-electron chi connectivity index (χ2n) is 4.94. The van der Waals surface area contributed by atoms with E-state index in [2.05, 4.69) is 24.0 Å². The Hall–Kier alpha value is -1.91. The number of nitrogens with zero attached hydrogens (tertiary/aromatic N) is 4. The van der Waals surface area contributed by atoms with E-state index in [0.29, 0.717) is 18.2 Å². The molecule has 5 nitrogen and oxygen atoms in total. The van der Waals surface area contributed by atoms with Crippen LogP contribution < -0.4 is 0 Å². The van der Waals surface area contributed by atoms with E-state index in [-0.39, 0.29) is 5.78 Å². The molecule has 0 fully saturated rings. The molecule has 2 rings (SSSR count). The minimum absolute atomic E-state index is 0.0121. The molecular formula is C14H20N4O. The fraction of sp³-hybridized carbons (Fsp3) is 0.500. The predicted octanol–water partition coefficient (Wildman–Crippen LogP) is 2.32. The molecule has 0 spiro atoms. The molecule has 2 aromatic rings. The molecule has 0 amide bonds. The van der Waals surface area contributed by atoms with Crippen LogP contribution in [-0.2, 0) is 13.5 Å². The second-order valence-corrected chi connectivity index (χ2v) is 4.94.